The van der Waals surface area contributed by atoms with Gasteiger partial charge in [0.1, 0.15) is 0 Å². The SMILES string of the molecule is Cc1ccc(S(=O)(=O)n2cc(Cl)c3cc(C)ccc32)cc1. The molecule has 1 aromatic heterocycles. The summed E-state index contributed by atoms with van der Waals surface area (Å²) in [7, 11) is -3.64. The summed E-state index contributed by atoms with van der Waals surface area (Å²) in [6.45, 7) is 3.86. The number of rotatable bonds is 2. The maximum Gasteiger partial charge on any atom is 0.268 e. The molecule has 108 valence electrons. The van der Waals surface area contributed by atoms with E-state index in [2.05, 4.69) is 0 Å². The summed E-state index contributed by atoms with van der Waals surface area (Å²) in [6, 6.07) is 12.3. The average molecular weight is 320 g/mol. The van der Waals surface area contributed by atoms with Crippen molar-refractivity contribution in [3.8, 4) is 0 Å². The summed E-state index contributed by atoms with van der Waals surface area (Å²) in [5.74, 6) is 0. The fourth-order valence-corrected chi connectivity index (χ4v) is 3.97. The van der Waals surface area contributed by atoms with Gasteiger partial charge in [-0.15, -0.1) is 0 Å². The fourth-order valence-electron chi connectivity index (χ4n) is 2.30. The molecule has 0 N–H and O–H groups in total. The molecule has 3 nitrogen and oxygen atoms in total. The Hall–Kier alpha value is -1.78. The van der Waals surface area contributed by atoms with Gasteiger partial charge in [0.25, 0.3) is 10.0 Å². The summed E-state index contributed by atoms with van der Waals surface area (Å²) in [5, 5.41) is 1.18. The van der Waals surface area contributed by atoms with E-state index in [0.29, 0.717) is 10.5 Å². The van der Waals surface area contributed by atoms with Gasteiger partial charge in [0.05, 0.1) is 15.4 Å². The van der Waals surface area contributed by atoms with Crippen LogP contribution in [0.2, 0.25) is 5.02 Å². The van der Waals surface area contributed by atoms with Crippen LogP contribution in [0, 0.1) is 13.8 Å². The van der Waals surface area contributed by atoms with Crippen LogP contribution in [0.25, 0.3) is 10.9 Å². The number of hydrogen-bond donors (Lipinski definition) is 0. The molecule has 1 heterocycles. The second kappa shape index (κ2) is 4.90. The van der Waals surface area contributed by atoms with E-state index >= 15 is 0 Å². The largest absolute Gasteiger partial charge is 0.268 e. The molecule has 0 atom stereocenters. The molecule has 0 saturated carbocycles. The predicted octanol–water partition coefficient (Wildman–Crippen LogP) is 4.15. The van der Waals surface area contributed by atoms with Gasteiger partial charge < -0.3 is 0 Å². The Labute approximate surface area is 128 Å². The minimum absolute atomic E-state index is 0.252. The Morgan fingerprint density at radius 3 is 2.24 bits per heavy atom. The standard InChI is InChI=1S/C16H14ClNO2S/c1-11-3-6-13(7-4-11)21(19,20)18-10-15(17)14-9-12(2)5-8-16(14)18/h3-10H,1-2H3. The monoisotopic (exact) mass is 319 g/mol. The third kappa shape index (κ3) is 2.34. The Bertz CT molecular complexity index is 925. The molecule has 0 bridgehead atoms. The van der Waals surface area contributed by atoms with Crippen molar-refractivity contribution in [2.24, 2.45) is 0 Å². The third-order valence-corrected chi connectivity index (χ3v) is 5.44. The van der Waals surface area contributed by atoms with Crippen molar-refractivity contribution in [3.63, 3.8) is 0 Å². The van der Waals surface area contributed by atoms with Crippen LogP contribution < -0.4 is 0 Å². The topological polar surface area (TPSA) is 39.1 Å². The molecule has 0 aliphatic carbocycles. The molecular formula is C16H14ClNO2S. The molecule has 0 aliphatic heterocycles. The van der Waals surface area contributed by atoms with Crippen LogP contribution in [0.4, 0.5) is 0 Å². The van der Waals surface area contributed by atoms with E-state index in [-0.39, 0.29) is 4.90 Å². The normalized spacial score (nSPS) is 12.0. The molecule has 5 heteroatoms. The van der Waals surface area contributed by atoms with E-state index < -0.39 is 10.0 Å². The number of aromatic nitrogens is 1. The fraction of sp³-hybridized carbons (Fsp3) is 0.125. The maximum absolute atomic E-state index is 12.8. The second-order valence-electron chi connectivity index (χ2n) is 5.11. The van der Waals surface area contributed by atoms with Gasteiger partial charge in [0.15, 0.2) is 0 Å². The lowest BCUT2D eigenvalue weighted by atomic mass is 10.2. The first kappa shape index (κ1) is 14.2. The van der Waals surface area contributed by atoms with Gasteiger partial charge >= 0.3 is 0 Å². The third-order valence-electron chi connectivity index (χ3n) is 3.46. The number of halogens is 1. The highest BCUT2D eigenvalue weighted by molar-refractivity contribution is 7.90. The molecule has 0 amide bonds. The van der Waals surface area contributed by atoms with E-state index in [9.17, 15) is 8.42 Å². The Kier molecular flexibility index (Phi) is 3.30. The Balaban J connectivity index is 2.26. The van der Waals surface area contributed by atoms with Crippen LogP contribution >= 0.6 is 11.6 Å². The van der Waals surface area contributed by atoms with Gasteiger partial charge in [-0.25, -0.2) is 12.4 Å². The molecule has 0 fully saturated rings. The van der Waals surface area contributed by atoms with Gasteiger partial charge in [0, 0.05) is 11.6 Å². The molecule has 0 spiro atoms. The van der Waals surface area contributed by atoms with Crippen LogP contribution in [-0.2, 0) is 10.0 Å². The van der Waals surface area contributed by atoms with E-state index in [1.54, 1.807) is 30.3 Å². The molecule has 0 aliphatic rings. The summed E-state index contributed by atoms with van der Waals surface area (Å²) >= 11 is 6.18. The van der Waals surface area contributed by atoms with Gasteiger partial charge in [-0.05, 0) is 38.1 Å². The summed E-state index contributed by atoms with van der Waals surface area (Å²) < 4.78 is 26.8. The van der Waals surface area contributed by atoms with Crippen LogP contribution in [0.5, 0.6) is 0 Å². The van der Waals surface area contributed by atoms with Gasteiger partial charge in [-0.3, -0.25) is 0 Å². The second-order valence-corrected chi connectivity index (χ2v) is 7.33. The molecule has 3 aromatic rings. The lowest BCUT2D eigenvalue weighted by Gasteiger charge is -2.08. The lowest BCUT2D eigenvalue weighted by molar-refractivity contribution is 0.589. The predicted molar refractivity (Wildman–Crippen MR) is 85.4 cm³/mol. The van der Waals surface area contributed by atoms with Crippen molar-refractivity contribution >= 4 is 32.5 Å². The molecule has 2 aromatic carbocycles. The van der Waals surface area contributed by atoms with E-state index in [1.807, 2.05) is 26.0 Å². The van der Waals surface area contributed by atoms with E-state index in [4.69, 9.17) is 11.6 Å². The van der Waals surface area contributed by atoms with Crippen LogP contribution in [0.3, 0.4) is 0 Å². The number of nitrogens with zero attached hydrogens (tertiary/aromatic N) is 1. The zero-order chi connectivity index (χ0) is 15.2. The minimum atomic E-state index is -3.64. The zero-order valence-corrected chi connectivity index (χ0v) is 13.2. The van der Waals surface area contributed by atoms with Crippen molar-refractivity contribution in [2.75, 3.05) is 0 Å². The van der Waals surface area contributed by atoms with Crippen LogP contribution in [0.15, 0.2) is 53.6 Å². The molecular weight excluding hydrogens is 306 g/mol. The van der Waals surface area contributed by atoms with Crippen molar-refractivity contribution in [3.05, 3.63) is 64.8 Å². The smallest absolute Gasteiger partial charge is 0.240 e. The Morgan fingerprint density at radius 2 is 1.57 bits per heavy atom. The first-order chi connectivity index (χ1) is 9.89. The van der Waals surface area contributed by atoms with Crippen molar-refractivity contribution in [2.45, 2.75) is 18.7 Å². The summed E-state index contributed by atoms with van der Waals surface area (Å²) in [6.07, 6.45) is 1.46. The molecule has 3 rings (SSSR count). The number of benzene rings is 2. The van der Waals surface area contributed by atoms with Crippen LogP contribution in [-0.4, -0.2) is 12.4 Å². The van der Waals surface area contributed by atoms with Crippen LogP contribution in [0.1, 0.15) is 11.1 Å². The maximum atomic E-state index is 12.8. The quantitative estimate of drug-likeness (QED) is 0.712. The van der Waals surface area contributed by atoms with E-state index in [0.717, 1.165) is 16.5 Å². The van der Waals surface area contributed by atoms with Gasteiger partial charge in [0.2, 0.25) is 0 Å². The number of fused-ring (bicyclic) bond motifs is 1. The highest BCUT2D eigenvalue weighted by atomic mass is 35.5. The lowest BCUT2D eigenvalue weighted by Crippen LogP contribution is -2.11. The van der Waals surface area contributed by atoms with Crippen molar-refractivity contribution in [1.29, 1.82) is 0 Å². The molecule has 0 saturated heterocycles. The van der Waals surface area contributed by atoms with Crippen molar-refractivity contribution in [1.82, 2.24) is 3.97 Å². The van der Waals surface area contributed by atoms with E-state index in [1.165, 1.54) is 10.2 Å². The average Bonchev–Trinajstić information content (AvgIpc) is 2.77. The van der Waals surface area contributed by atoms with Crippen molar-refractivity contribution < 1.29 is 8.42 Å². The minimum Gasteiger partial charge on any atom is -0.240 e. The highest BCUT2D eigenvalue weighted by Crippen LogP contribution is 2.30. The first-order valence-electron chi connectivity index (χ1n) is 6.49. The first-order valence-corrected chi connectivity index (χ1v) is 8.31. The molecule has 0 radical (unpaired) electrons. The molecule has 21 heavy (non-hydrogen) atoms. The number of hydrogen-bond acceptors (Lipinski definition) is 2. The Morgan fingerprint density at radius 1 is 0.952 bits per heavy atom. The summed E-state index contributed by atoms with van der Waals surface area (Å²) in [5.41, 5.74) is 2.64. The summed E-state index contributed by atoms with van der Waals surface area (Å²) in [4.78, 5) is 0.252. The van der Waals surface area contributed by atoms with Gasteiger partial charge in [-0.2, -0.15) is 0 Å². The zero-order valence-electron chi connectivity index (χ0n) is 11.7. The van der Waals surface area contributed by atoms with Gasteiger partial charge in [-0.1, -0.05) is 40.9 Å². The highest BCUT2D eigenvalue weighted by Gasteiger charge is 2.20. The molecule has 0 unspecified atom stereocenters. The number of aryl methyl sites for hydroxylation is 2.